The molecule has 3 aliphatic rings. The molecule has 1 atom stereocenters. The first kappa shape index (κ1) is 36.5. The van der Waals surface area contributed by atoms with E-state index in [-0.39, 0.29) is 84.8 Å². The molecule has 53 heavy (non-hydrogen) atoms. The second-order valence-electron chi connectivity index (χ2n) is 13.1. The number of aromatic nitrogens is 5. The highest BCUT2D eigenvalue weighted by Crippen LogP contribution is 2.48. The molecule has 3 aliphatic heterocycles. The Morgan fingerprint density at radius 1 is 1.17 bits per heavy atom. The number of pyridine rings is 1. The first-order valence-electron chi connectivity index (χ1n) is 16.4. The van der Waals surface area contributed by atoms with Gasteiger partial charge in [0.1, 0.15) is 17.9 Å². The molecule has 0 bridgehead atoms. The number of carbonyl (C=O) groups is 2. The van der Waals surface area contributed by atoms with Gasteiger partial charge in [0.2, 0.25) is 21.7 Å². The fraction of sp³-hybridized carbons (Fsp3) is 0.394. The van der Waals surface area contributed by atoms with Gasteiger partial charge in [-0.3, -0.25) is 14.4 Å². The van der Waals surface area contributed by atoms with E-state index in [0.717, 1.165) is 22.9 Å². The lowest BCUT2D eigenvalue weighted by atomic mass is 9.85. The zero-order valence-corrected chi connectivity index (χ0v) is 29.8. The lowest BCUT2D eigenvalue weighted by Crippen LogP contribution is -2.47. The molecule has 1 fully saturated rings. The topological polar surface area (TPSA) is 181 Å². The Morgan fingerprint density at radius 2 is 1.91 bits per heavy atom. The number of anilines is 1. The molecular weight excluding hydrogens is 745 g/mol. The fourth-order valence-electron chi connectivity index (χ4n) is 7.10. The summed E-state index contributed by atoms with van der Waals surface area (Å²) < 4.78 is 74.2. The fourth-order valence-corrected chi connectivity index (χ4v) is 8.10. The lowest BCUT2D eigenvalue weighted by Gasteiger charge is -2.39. The summed E-state index contributed by atoms with van der Waals surface area (Å²) in [6.07, 6.45) is -0.657. The van der Waals surface area contributed by atoms with Crippen molar-refractivity contribution in [3.05, 3.63) is 86.3 Å². The van der Waals surface area contributed by atoms with Crippen LogP contribution in [0.15, 0.2) is 47.4 Å². The maximum atomic E-state index is 14.4. The van der Waals surface area contributed by atoms with Crippen molar-refractivity contribution >= 4 is 50.5 Å². The van der Waals surface area contributed by atoms with Gasteiger partial charge in [0, 0.05) is 32.4 Å². The van der Waals surface area contributed by atoms with Crippen LogP contribution in [0.4, 0.5) is 18.9 Å². The second-order valence-corrected chi connectivity index (χ2v) is 15.4. The van der Waals surface area contributed by atoms with Crippen LogP contribution in [0.3, 0.4) is 0 Å². The van der Waals surface area contributed by atoms with Crippen LogP contribution in [0.2, 0.25) is 5.02 Å². The number of ether oxygens (including phenoxy) is 1. The van der Waals surface area contributed by atoms with Crippen molar-refractivity contribution < 1.29 is 41.0 Å². The van der Waals surface area contributed by atoms with Crippen LogP contribution in [-0.4, -0.2) is 91.1 Å². The van der Waals surface area contributed by atoms with Gasteiger partial charge in [0.15, 0.2) is 11.5 Å². The number of carbonyl (C=O) groups excluding carboxylic acids is 2. The van der Waals surface area contributed by atoms with E-state index in [1.54, 1.807) is 13.0 Å². The van der Waals surface area contributed by atoms with Gasteiger partial charge in [-0.15, -0.1) is 5.10 Å². The predicted molar refractivity (Wildman–Crippen MR) is 184 cm³/mol. The summed E-state index contributed by atoms with van der Waals surface area (Å²) in [7, 11) is -3.45. The minimum Gasteiger partial charge on any atom is -0.505 e. The number of halogens is 4. The van der Waals surface area contributed by atoms with Crippen LogP contribution in [0.5, 0.6) is 5.75 Å². The van der Waals surface area contributed by atoms with Gasteiger partial charge >= 0.3 is 6.18 Å². The molecule has 0 aliphatic carbocycles. The Morgan fingerprint density at radius 3 is 2.53 bits per heavy atom. The van der Waals surface area contributed by atoms with Crippen LogP contribution in [0.1, 0.15) is 65.4 Å². The van der Waals surface area contributed by atoms with E-state index in [1.165, 1.54) is 32.1 Å². The number of hydrogen-bond acceptors (Lipinski definition) is 10. The monoisotopic (exact) mass is 776 g/mol. The molecule has 2 N–H and O–H groups in total. The number of likely N-dealkylation sites (tertiary alicyclic amines) is 1. The normalized spacial score (nSPS) is 19.0. The lowest BCUT2D eigenvalue weighted by molar-refractivity contribution is -0.137. The summed E-state index contributed by atoms with van der Waals surface area (Å²) in [6.45, 7) is 1.73. The second kappa shape index (κ2) is 13.2. The van der Waals surface area contributed by atoms with Crippen LogP contribution < -0.4 is 10.9 Å². The van der Waals surface area contributed by atoms with Crippen LogP contribution >= 0.6 is 11.6 Å². The number of aromatic hydroxyl groups is 1. The molecule has 20 heteroatoms. The van der Waals surface area contributed by atoms with E-state index in [0.29, 0.717) is 17.3 Å². The molecule has 1 saturated heterocycles. The first-order chi connectivity index (χ1) is 25.0. The molecule has 3 aromatic heterocycles. The van der Waals surface area contributed by atoms with Crippen molar-refractivity contribution in [2.24, 2.45) is 0 Å². The van der Waals surface area contributed by atoms with Crippen molar-refractivity contribution in [1.29, 1.82) is 0 Å². The van der Waals surface area contributed by atoms with Crippen LogP contribution in [0, 0.1) is 0 Å². The number of sulfonamides is 1. The third-order valence-electron chi connectivity index (χ3n) is 9.68. The Labute approximate surface area is 304 Å². The molecule has 280 valence electrons. The Hall–Kier alpha value is -4.85. The summed E-state index contributed by atoms with van der Waals surface area (Å²) in [5.74, 6) is -1.33. The van der Waals surface area contributed by atoms with E-state index in [2.05, 4.69) is 20.4 Å². The Kier molecular flexibility index (Phi) is 9.11. The minimum atomic E-state index is -4.65. The van der Waals surface area contributed by atoms with E-state index in [4.69, 9.17) is 16.3 Å². The smallest absolute Gasteiger partial charge is 0.416 e. The third kappa shape index (κ3) is 6.66. The van der Waals surface area contributed by atoms with E-state index in [9.17, 15) is 41.1 Å². The van der Waals surface area contributed by atoms with Crippen molar-refractivity contribution in [2.45, 2.75) is 50.6 Å². The highest BCUT2D eigenvalue weighted by molar-refractivity contribution is 7.88. The molecule has 1 aromatic carbocycles. The number of rotatable bonds is 6. The summed E-state index contributed by atoms with van der Waals surface area (Å²) in [6, 6.07) is 5.38. The Bertz CT molecular complexity index is 2370. The van der Waals surface area contributed by atoms with Gasteiger partial charge in [-0.05, 0) is 62.1 Å². The zero-order chi connectivity index (χ0) is 38.0. The molecule has 0 radical (unpaired) electrons. The van der Waals surface area contributed by atoms with Crippen molar-refractivity contribution in [2.75, 3.05) is 37.8 Å². The average Bonchev–Trinajstić information content (AvgIpc) is 3.67. The van der Waals surface area contributed by atoms with Crippen molar-refractivity contribution in [1.82, 2.24) is 33.4 Å². The number of amides is 2. The predicted octanol–water partition coefficient (Wildman–Crippen LogP) is 3.57. The van der Waals surface area contributed by atoms with E-state index >= 15 is 0 Å². The summed E-state index contributed by atoms with van der Waals surface area (Å²) in [5, 5.41) is 16.9. The molecular formula is C33H32ClF3N8O7S. The molecule has 0 unspecified atom stereocenters. The average molecular weight is 777 g/mol. The largest absolute Gasteiger partial charge is 0.505 e. The summed E-state index contributed by atoms with van der Waals surface area (Å²) in [5.41, 5.74) is -1.81. The van der Waals surface area contributed by atoms with Crippen molar-refractivity contribution in [3.8, 4) is 5.75 Å². The van der Waals surface area contributed by atoms with Gasteiger partial charge < -0.3 is 24.6 Å². The highest BCUT2D eigenvalue weighted by Gasteiger charge is 2.50. The molecule has 6 heterocycles. The van der Waals surface area contributed by atoms with E-state index < -0.39 is 57.4 Å². The maximum absolute atomic E-state index is 14.4. The molecule has 1 spiro atoms. The van der Waals surface area contributed by atoms with Gasteiger partial charge in [-0.2, -0.15) is 27.0 Å². The third-order valence-corrected chi connectivity index (χ3v) is 11.3. The SMILES string of the molecule is C[C@H]1OC2(CCN(C(=O)c3ncccc3O)CC2)c2c1n(CC(=O)Nc1ccc(C(F)(F)F)cc1Cl)c1nc(C3=CCN(S(C)(=O)=O)CC3)nn1c2=O. The zero-order valence-electron chi connectivity index (χ0n) is 28.2. The van der Waals surface area contributed by atoms with Crippen LogP contribution in [-0.2, 0) is 37.9 Å². The number of nitrogens with one attached hydrogen (secondary N) is 1. The summed E-state index contributed by atoms with van der Waals surface area (Å²) >= 11 is 6.12. The van der Waals surface area contributed by atoms with Gasteiger partial charge in [0.25, 0.3) is 11.5 Å². The molecule has 7 rings (SSSR count). The van der Waals surface area contributed by atoms with Gasteiger partial charge in [-0.25, -0.2) is 13.4 Å². The number of hydrogen-bond donors (Lipinski definition) is 2. The standard InChI is InChI=1S/C33H32ClF3N8O7S/c1-18-27-25(32(52-18)9-14-42(15-10-32)30(49)26-23(46)4-3-11-38-26)29(48)45-31(40-28(41-45)19-7-12-43(13-8-19)53(2,50)51)44(27)17-24(47)39-22-6-5-20(16-21(22)34)33(35,36)37/h3-7,11,16,18,46H,8-10,12-15,17H2,1-2H3,(H,39,47)/t18-/m1/s1. The molecule has 4 aromatic rings. The molecule has 2 amide bonds. The number of fused-ring (bicyclic) bond motifs is 3. The van der Waals surface area contributed by atoms with Crippen molar-refractivity contribution in [3.63, 3.8) is 0 Å². The van der Waals surface area contributed by atoms with Crippen LogP contribution in [0.25, 0.3) is 11.4 Å². The van der Waals surface area contributed by atoms with Gasteiger partial charge in [0.05, 0.1) is 39.9 Å². The quantitative estimate of drug-likeness (QED) is 0.294. The Balaban J connectivity index is 1.27. The number of nitrogens with zero attached hydrogens (tertiary/aromatic N) is 7. The number of piperidine rings is 1. The maximum Gasteiger partial charge on any atom is 0.416 e. The number of alkyl halides is 3. The first-order valence-corrected chi connectivity index (χ1v) is 18.7. The minimum absolute atomic E-state index is 0.0189. The van der Waals surface area contributed by atoms with E-state index in [1.807, 2.05) is 0 Å². The highest BCUT2D eigenvalue weighted by atomic mass is 35.5. The van der Waals surface area contributed by atoms with Gasteiger partial charge in [-0.1, -0.05) is 17.7 Å². The summed E-state index contributed by atoms with van der Waals surface area (Å²) in [4.78, 5) is 51.4. The number of benzene rings is 1. The molecule has 0 saturated carbocycles. The molecule has 15 nitrogen and oxygen atoms in total.